The van der Waals surface area contributed by atoms with Crippen LogP contribution in [0, 0.1) is 0 Å². The number of anilines is 1. The molecule has 22 heavy (non-hydrogen) atoms. The highest BCUT2D eigenvalue weighted by Gasteiger charge is 2.23. The number of nitrogens with zero attached hydrogens (tertiary/aromatic N) is 5. The van der Waals surface area contributed by atoms with E-state index in [1.54, 1.807) is 0 Å². The molecule has 2 aromatic rings. The summed E-state index contributed by atoms with van der Waals surface area (Å²) in [6.45, 7) is 2.04. The molecule has 0 saturated carbocycles. The van der Waals surface area contributed by atoms with Crippen LogP contribution in [0.5, 0.6) is 0 Å². The summed E-state index contributed by atoms with van der Waals surface area (Å²) in [6, 6.07) is 0. The van der Waals surface area contributed by atoms with Crippen LogP contribution in [0.25, 0.3) is 11.1 Å². The standard InChI is InChI=1S/C14H20N6.2ClH/c1-19(2)14-16-8-12(11-7-17-20(3)9-11)13(18-14)10-4-5-15-6-10;;/h7-10,15H,4-6H2,1-3H3;2*1H. The highest BCUT2D eigenvalue weighted by Crippen LogP contribution is 2.31. The van der Waals surface area contributed by atoms with Crippen LogP contribution in [0.2, 0.25) is 0 Å². The molecule has 1 fully saturated rings. The van der Waals surface area contributed by atoms with Gasteiger partial charge in [0.25, 0.3) is 0 Å². The van der Waals surface area contributed by atoms with Gasteiger partial charge in [-0.2, -0.15) is 5.10 Å². The molecule has 1 aliphatic heterocycles. The van der Waals surface area contributed by atoms with Gasteiger partial charge < -0.3 is 10.2 Å². The molecule has 0 spiro atoms. The van der Waals surface area contributed by atoms with E-state index in [-0.39, 0.29) is 24.8 Å². The molecular weight excluding hydrogens is 323 g/mol. The minimum atomic E-state index is 0. The van der Waals surface area contributed by atoms with E-state index >= 15 is 0 Å². The van der Waals surface area contributed by atoms with E-state index in [9.17, 15) is 0 Å². The lowest BCUT2D eigenvalue weighted by atomic mass is 9.97. The lowest BCUT2D eigenvalue weighted by Gasteiger charge is -2.17. The summed E-state index contributed by atoms with van der Waals surface area (Å²) < 4.78 is 1.81. The maximum absolute atomic E-state index is 4.78. The van der Waals surface area contributed by atoms with Crippen molar-refractivity contribution in [3.63, 3.8) is 0 Å². The summed E-state index contributed by atoms with van der Waals surface area (Å²) >= 11 is 0. The van der Waals surface area contributed by atoms with E-state index in [2.05, 4.69) is 15.4 Å². The van der Waals surface area contributed by atoms with E-state index in [0.29, 0.717) is 5.92 Å². The van der Waals surface area contributed by atoms with E-state index in [4.69, 9.17) is 4.98 Å². The summed E-state index contributed by atoms with van der Waals surface area (Å²) in [4.78, 5) is 11.2. The van der Waals surface area contributed by atoms with Crippen molar-refractivity contribution in [2.45, 2.75) is 12.3 Å². The van der Waals surface area contributed by atoms with Crippen LogP contribution in [0.1, 0.15) is 18.0 Å². The van der Waals surface area contributed by atoms with E-state index in [1.807, 2.05) is 49.3 Å². The molecule has 3 rings (SSSR count). The van der Waals surface area contributed by atoms with Crippen LogP contribution in [-0.2, 0) is 7.05 Å². The summed E-state index contributed by atoms with van der Waals surface area (Å²) in [5.41, 5.74) is 3.30. The fourth-order valence-corrected chi connectivity index (χ4v) is 2.58. The predicted molar refractivity (Wildman–Crippen MR) is 93.3 cm³/mol. The highest BCUT2D eigenvalue weighted by molar-refractivity contribution is 5.85. The molecule has 1 aliphatic rings. The van der Waals surface area contributed by atoms with Crippen LogP contribution in [0.3, 0.4) is 0 Å². The number of rotatable bonds is 3. The zero-order valence-electron chi connectivity index (χ0n) is 13.0. The molecular formula is C14H22Cl2N6. The average Bonchev–Trinajstić information content (AvgIpc) is 3.09. The first kappa shape index (κ1) is 18.7. The minimum absolute atomic E-state index is 0. The number of hydrogen-bond acceptors (Lipinski definition) is 5. The van der Waals surface area contributed by atoms with Gasteiger partial charge in [0.05, 0.1) is 11.9 Å². The van der Waals surface area contributed by atoms with Crippen LogP contribution in [0.15, 0.2) is 18.6 Å². The molecule has 1 saturated heterocycles. The van der Waals surface area contributed by atoms with E-state index < -0.39 is 0 Å². The Kier molecular flexibility index (Phi) is 6.59. The number of hydrogen-bond donors (Lipinski definition) is 1. The lowest BCUT2D eigenvalue weighted by Crippen LogP contribution is -2.16. The number of nitrogens with one attached hydrogen (secondary N) is 1. The van der Waals surface area contributed by atoms with Gasteiger partial charge in [-0.1, -0.05) is 0 Å². The fraction of sp³-hybridized carbons (Fsp3) is 0.500. The lowest BCUT2D eigenvalue weighted by molar-refractivity contribution is 0.730. The summed E-state index contributed by atoms with van der Waals surface area (Å²) in [6.07, 6.45) is 6.93. The Morgan fingerprint density at radius 2 is 2.05 bits per heavy atom. The van der Waals surface area contributed by atoms with Gasteiger partial charge >= 0.3 is 0 Å². The molecule has 0 bridgehead atoms. The third-order valence-electron chi connectivity index (χ3n) is 3.67. The van der Waals surface area contributed by atoms with Crippen LogP contribution >= 0.6 is 24.8 Å². The molecule has 0 radical (unpaired) electrons. The fourth-order valence-electron chi connectivity index (χ4n) is 2.58. The smallest absolute Gasteiger partial charge is 0.225 e. The maximum atomic E-state index is 4.78. The first-order valence-corrected chi connectivity index (χ1v) is 6.89. The Morgan fingerprint density at radius 1 is 1.27 bits per heavy atom. The van der Waals surface area contributed by atoms with Crippen LogP contribution in [0.4, 0.5) is 5.95 Å². The zero-order valence-corrected chi connectivity index (χ0v) is 14.6. The van der Waals surface area contributed by atoms with Gasteiger partial charge in [-0.05, 0) is 13.0 Å². The first-order chi connectivity index (χ1) is 9.65. The van der Waals surface area contributed by atoms with Crippen LogP contribution < -0.4 is 10.2 Å². The van der Waals surface area contributed by atoms with Crippen molar-refractivity contribution in [1.29, 1.82) is 0 Å². The molecule has 0 aliphatic carbocycles. The van der Waals surface area contributed by atoms with E-state index in [0.717, 1.165) is 42.3 Å². The van der Waals surface area contributed by atoms with Gasteiger partial charge in [0.1, 0.15) is 0 Å². The van der Waals surface area contributed by atoms with Crippen molar-refractivity contribution >= 4 is 30.8 Å². The van der Waals surface area contributed by atoms with Gasteiger partial charge in [0, 0.05) is 57.1 Å². The number of aromatic nitrogens is 4. The van der Waals surface area contributed by atoms with Gasteiger partial charge in [0.2, 0.25) is 5.95 Å². The highest BCUT2D eigenvalue weighted by atomic mass is 35.5. The second kappa shape index (κ2) is 7.76. The van der Waals surface area contributed by atoms with Crippen molar-refractivity contribution in [2.75, 3.05) is 32.1 Å². The van der Waals surface area contributed by atoms with Gasteiger partial charge in [0.15, 0.2) is 0 Å². The molecule has 6 nitrogen and oxygen atoms in total. The van der Waals surface area contributed by atoms with Crippen molar-refractivity contribution in [2.24, 2.45) is 7.05 Å². The third kappa shape index (κ3) is 3.69. The quantitative estimate of drug-likeness (QED) is 0.920. The Morgan fingerprint density at radius 3 is 2.59 bits per heavy atom. The van der Waals surface area contributed by atoms with Gasteiger partial charge in [-0.25, -0.2) is 9.97 Å². The Hall–Kier alpha value is -1.37. The summed E-state index contributed by atoms with van der Waals surface area (Å²) in [5, 5.41) is 7.66. The first-order valence-electron chi connectivity index (χ1n) is 6.89. The largest absolute Gasteiger partial charge is 0.347 e. The molecule has 8 heteroatoms. The second-order valence-electron chi connectivity index (χ2n) is 5.46. The summed E-state index contributed by atoms with van der Waals surface area (Å²) in [7, 11) is 5.86. The Balaban J connectivity index is 0.00000121. The molecule has 1 N–H and O–H groups in total. The Bertz CT molecular complexity index is 607. The van der Waals surface area contributed by atoms with Crippen molar-refractivity contribution < 1.29 is 0 Å². The summed E-state index contributed by atoms with van der Waals surface area (Å²) in [5.74, 6) is 1.21. The molecule has 3 heterocycles. The Labute approximate surface area is 143 Å². The van der Waals surface area contributed by atoms with Crippen molar-refractivity contribution in [3.8, 4) is 11.1 Å². The van der Waals surface area contributed by atoms with E-state index in [1.165, 1.54) is 0 Å². The molecule has 0 aromatic carbocycles. The normalized spacial score (nSPS) is 16.8. The second-order valence-corrected chi connectivity index (χ2v) is 5.46. The van der Waals surface area contributed by atoms with Crippen molar-refractivity contribution in [1.82, 2.24) is 25.1 Å². The number of aryl methyl sites for hydroxylation is 1. The maximum Gasteiger partial charge on any atom is 0.225 e. The topological polar surface area (TPSA) is 58.9 Å². The van der Waals surface area contributed by atoms with Crippen molar-refractivity contribution in [3.05, 3.63) is 24.3 Å². The van der Waals surface area contributed by atoms with Gasteiger partial charge in [-0.15, -0.1) is 24.8 Å². The average molecular weight is 345 g/mol. The zero-order chi connectivity index (χ0) is 14.1. The van der Waals surface area contributed by atoms with Crippen LogP contribution in [-0.4, -0.2) is 46.9 Å². The van der Waals surface area contributed by atoms with Gasteiger partial charge in [-0.3, -0.25) is 4.68 Å². The molecule has 2 aromatic heterocycles. The molecule has 1 unspecified atom stereocenters. The SMILES string of the molecule is CN(C)c1ncc(-c2cnn(C)c2)c(C2CCNC2)n1.Cl.Cl. The number of halogens is 2. The minimum Gasteiger partial charge on any atom is -0.347 e. The monoisotopic (exact) mass is 344 g/mol. The third-order valence-corrected chi connectivity index (χ3v) is 3.67. The predicted octanol–water partition coefficient (Wildman–Crippen LogP) is 1.86. The molecule has 0 amide bonds. The molecule has 1 atom stereocenters. The molecule has 122 valence electrons.